The fraction of sp³-hybridized carbons (Fsp3) is 0.667. The Balaban J connectivity index is 2.02. The summed E-state index contributed by atoms with van der Waals surface area (Å²) in [5, 5.41) is 12.3. The van der Waals surface area contributed by atoms with Gasteiger partial charge >= 0.3 is 0 Å². The number of hydrogen-bond donors (Lipinski definition) is 1. The molecule has 3 rings (SSSR count). The van der Waals surface area contributed by atoms with E-state index in [9.17, 15) is 5.11 Å². The van der Waals surface area contributed by atoms with Crippen molar-refractivity contribution in [2.24, 2.45) is 17.8 Å². The fourth-order valence-electron chi connectivity index (χ4n) is 4.60. The fourth-order valence-corrected chi connectivity index (χ4v) is 4.83. The van der Waals surface area contributed by atoms with Crippen LogP contribution in [0.3, 0.4) is 0 Å². The molecule has 1 N–H and O–H groups in total. The predicted octanol–water partition coefficient (Wildman–Crippen LogP) is 3.53. The quantitative estimate of drug-likeness (QED) is 0.920. The molecule has 2 bridgehead atoms. The third-order valence-electron chi connectivity index (χ3n) is 5.53. The van der Waals surface area contributed by atoms with Crippen molar-refractivity contribution in [2.75, 3.05) is 27.7 Å². The Bertz CT molecular complexity index is 548. The number of halogens is 1. The second kappa shape index (κ2) is 6.03. The summed E-state index contributed by atoms with van der Waals surface area (Å²) in [7, 11) is 5.81. The number of methoxy groups -OCH3 is 1. The lowest BCUT2D eigenvalue weighted by Crippen LogP contribution is -2.47. The van der Waals surface area contributed by atoms with Crippen LogP contribution in [0.5, 0.6) is 5.75 Å². The second-order valence-electron chi connectivity index (χ2n) is 7.32. The van der Waals surface area contributed by atoms with Crippen LogP contribution in [0.4, 0.5) is 0 Å². The van der Waals surface area contributed by atoms with Gasteiger partial charge in [0.25, 0.3) is 0 Å². The first-order valence-corrected chi connectivity index (χ1v) is 8.52. The van der Waals surface area contributed by atoms with Crippen LogP contribution < -0.4 is 4.74 Å². The minimum atomic E-state index is -0.799. The van der Waals surface area contributed by atoms with Gasteiger partial charge in [0, 0.05) is 17.5 Å². The lowest BCUT2D eigenvalue weighted by molar-refractivity contribution is -0.0892. The second-order valence-corrected chi connectivity index (χ2v) is 7.75. The van der Waals surface area contributed by atoms with Crippen molar-refractivity contribution >= 4 is 11.6 Å². The van der Waals surface area contributed by atoms with Crippen LogP contribution in [0.2, 0.25) is 5.02 Å². The molecule has 0 aliphatic heterocycles. The van der Waals surface area contributed by atoms with Crippen molar-refractivity contribution in [1.29, 1.82) is 0 Å². The summed E-state index contributed by atoms with van der Waals surface area (Å²) in [6, 6.07) is 5.67. The average molecular weight is 324 g/mol. The van der Waals surface area contributed by atoms with Crippen LogP contribution in [-0.4, -0.2) is 37.8 Å². The molecule has 2 unspecified atom stereocenters. The lowest BCUT2D eigenvalue weighted by atomic mass is 9.66. The van der Waals surface area contributed by atoms with Crippen LogP contribution in [0, 0.1) is 17.8 Å². The summed E-state index contributed by atoms with van der Waals surface area (Å²) in [4.78, 5) is 2.19. The number of hydrogen-bond acceptors (Lipinski definition) is 3. The third-order valence-corrected chi connectivity index (χ3v) is 5.75. The molecule has 0 heterocycles. The van der Waals surface area contributed by atoms with Gasteiger partial charge in [0.1, 0.15) is 5.75 Å². The van der Waals surface area contributed by atoms with Crippen molar-refractivity contribution in [1.82, 2.24) is 4.90 Å². The Labute approximate surface area is 138 Å². The molecule has 22 heavy (non-hydrogen) atoms. The highest BCUT2D eigenvalue weighted by molar-refractivity contribution is 6.30. The van der Waals surface area contributed by atoms with Crippen LogP contribution in [0.15, 0.2) is 18.2 Å². The SMILES string of the molecule is COc1cc(Cl)cc(C2(O)C[C@@H]3CC[C@@H](C3)C2CN(C)C)c1. The van der Waals surface area contributed by atoms with Crippen LogP contribution in [0.1, 0.15) is 31.2 Å². The summed E-state index contributed by atoms with van der Waals surface area (Å²) >= 11 is 6.25. The van der Waals surface area contributed by atoms with Gasteiger partial charge in [-0.2, -0.15) is 0 Å². The van der Waals surface area contributed by atoms with Crippen molar-refractivity contribution in [3.05, 3.63) is 28.8 Å². The zero-order chi connectivity index (χ0) is 15.9. The minimum Gasteiger partial charge on any atom is -0.497 e. The van der Waals surface area contributed by atoms with Crippen molar-refractivity contribution in [3.63, 3.8) is 0 Å². The third kappa shape index (κ3) is 2.86. The molecule has 2 saturated carbocycles. The molecule has 2 fully saturated rings. The van der Waals surface area contributed by atoms with Gasteiger partial charge in [0.05, 0.1) is 12.7 Å². The zero-order valence-electron chi connectivity index (χ0n) is 13.7. The van der Waals surface area contributed by atoms with Gasteiger partial charge in [-0.05, 0) is 69.0 Å². The molecule has 2 aliphatic carbocycles. The highest BCUT2D eigenvalue weighted by atomic mass is 35.5. The maximum Gasteiger partial charge on any atom is 0.120 e. The molecular weight excluding hydrogens is 298 g/mol. The highest BCUT2D eigenvalue weighted by Crippen LogP contribution is 2.54. The molecule has 0 radical (unpaired) electrons. The molecule has 1 aromatic rings. The number of aliphatic hydroxyl groups is 1. The van der Waals surface area contributed by atoms with Crippen LogP contribution in [-0.2, 0) is 5.60 Å². The minimum absolute atomic E-state index is 0.254. The van der Waals surface area contributed by atoms with Crippen LogP contribution in [0.25, 0.3) is 0 Å². The number of rotatable bonds is 4. The van der Waals surface area contributed by atoms with E-state index in [0.29, 0.717) is 16.9 Å². The van der Waals surface area contributed by atoms with Gasteiger partial charge in [-0.3, -0.25) is 0 Å². The molecule has 122 valence electrons. The molecule has 0 saturated heterocycles. The molecule has 4 atom stereocenters. The average Bonchev–Trinajstić information content (AvgIpc) is 2.86. The van der Waals surface area contributed by atoms with E-state index in [1.165, 1.54) is 19.3 Å². The van der Waals surface area contributed by atoms with E-state index in [1.807, 2.05) is 12.1 Å². The normalized spacial score (nSPS) is 34.2. The Hall–Kier alpha value is -0.770. The molecule has 2 aliphatic rings. The van der Waals surface area contributed by atoms with E-state index in [2.05, 4.69) is 19.0 Å². The van der Waals surface area contributed by atoms with Gasteiger partial charge in [-0.25, -0.2) is 0 Å². The molecule has 0 spiro atoms. The Kier molecular flexibility index (Phi) is 4.41. The number of fused-ring (bicyclic) bond motifs is 2. The number of nitrogens with zero attached hydrogens (tertiary/aromatic N) is 1. The van der Waals surface area contributed by atoms with Gasteiger partial charge in [0.2, 0.25) is 0 Å². The first-order valence-electron chi connectivity index (χ1n) is 8.14. The Morgan fingerprint density at radius 3 is 2.77 bits per heavy atom. The van der Waals surface area contributed by atoms with Gasteiger partial charge in [-0.15, -0.1) is 0 Å². The number of benzene rings is 1. The van der Waals surface area contributed by atoms with Crippen molar-refractivity contribution in [3.8, 4) is 5.75 Å². The highest BCUT2D eigenvalue weighted by Gasteiger charge is 2.51. The van der Waals surface area contributed by atoms with E-state index in [-0.39, 0.29) is 5.92 Å². The van der Waals surface area contributed by atoms with Gasteiger partial charge < -0.3 is 14.7 Å². The molecular formula is C18H26ClNO2. The van der Waals surface area contributed by atoms with E-state index >= 15 is 0 Å². The largest absolute Gasteiger partial charge is 0.497 e. The Morgan fingerprint density at radius 2 is 2.09 bits per heavy atom. The monoisotopic (exact) mass is 323 g/mol. The Morgan fingerprint density at radius 1 is 1.32 bits per heavy atom. The van der Waals surface area contributed by atoms with Crippen LogP contribution >= 0.6 is 11.6 Å². The maximum atomic E-state index is 11.6. The predicted molar refractivity (Wildman–Crippen MR) is 89.4 cm³/mol. The zero-order valence-corrected chi connectivity index (χ0v) is 14.4. The smallest absolute Gasteiger partial charge is 0.120 e. The summed E-state index contributed by atoms with van der Waals surface area (Å²) in [6.45, 7) is 0.905. The van der Waals surface area contributed by atoms with E-state index in [1.54, 1.807) is 13.2 Å². The number of ether oxygens (including phenoxy) is 1. The summed E-state index contributed by atoms with van der Waals surface area (Å²) < 4.78 is 5.35. The van der Waals surface area contributed by atoms with Gasteiger partial charge in [0.15, 0.2) is 0 Å². The standard InChI is InChI=1S/C18H26ClNO2/c1-20(2)11-17-13-5-4-12(6-13)10-18(17,21)14-7-15(19)9-16(8-14)22-3/h7-9,12-13,17,21H,4-6,10-11H2,1-3H3/t12-,13+,17?,18?/m1/s1. The lowest BCUT2D eigenvalue weighted by Gasteiger charge is -2.45. The van der Waals surface area contributed by atoms with Crippen molar-refractivity contribution < 1.29 is 9.84 Å². The maximum absolute atomic E-state index is 11.6. The van der Waals surface area contributed by atoms with Gasteiger partial charge in [-0.1, -0.05) is 18.0 Å². The topological polar surface area (TPSA) is 32.7 Å². The molecule has 3 nitrogen and oxygen atoms in total. The first kappa shape index (κ1) is 16.1. The summed E-state index contributed by atoms with van der Waals surface area (Å²) in [5.41, 5.74) is 0.118. The molecule has 0 amide bonds. The first-order chi connectivity index (χ1) is 10.4. The van der Waals surface area contributed by atoms with E-state index < -0.39 is 5.60 Å². The summed E-state index contributed by atoms with van der Waals surface area (Å²) in [6.07, 6.45) is 4.59. The summed E-state index contributed by atoms with van der Waals surface area (Å²) in [5.74, 6) is 2.22. The molecule has 4 heteroatoms. The van der Waals surface area contributed by atoms with E-state index in [0.717, 1.165) is 24.3 Å². The molecule has 1 aromatic carbocycles. The molecule has 0 aromatic heterocycles. The van der Waals surface area contributed by atoms with Crippen molar-refractivity contribution in [2.45, 2.75) is 31.3 Å². The van der Waals surface area contributed by atoms with E-state index in [4.69, 9.17) is 16.3 Å².